The molecule has 122 valence electrons. The predicted octanol–water partition coefficient (Wildman–Crippen LogP) is 1.11. The molecule has 22 heavy (non-hydrogen) atoms. The lowest BCUT2D eigenvalue weighted by molar-refractivity contribution is 0.0584. The number of esters is 2. The maximum atomic E-state index is 11.9. The number of carbonyl (C=O) groups excluding carboxylic acids is 2. The van der Waals surface area contributed by atoms with Crippen LogP contribution in [0.1, 0.15) is 44.7 Å². The third-order valence-corrected chi connectivity index (χ3v) is 3.35. The molecule has 0 atom stereocenters. The molecular weight excluding hydrogens is 288 g/mol. The predicted molar refractivity (Wildman–Crippen MR) is 79.9 cm³/mol. The monoisotopic (exact) mass is 310 g/mol. The Balaban J connectivity index is 3.34. The van der Waals surface area contributed by atoms with Crippen molar-refractivity contribution >= 4 is 11.9 Å². The van der Waals surface area contributed by atoms with Crippen LogP contribution in [-0.4, -0.2) is 49.6 Å². The van der Waals surface area contributed by atoms with Crippen LogP contribution in [0.3, 0.4) is 0 Å². The average Bonchev–Trinajstić information content (AvgIpc) is 2.56. The molecule has 0 unspecified atom stereocenters. The molecular formula is C16H22O6. The van der Waals surface area contributed by atoms with Gasteiger partial charge in [-0.25, -0.2) is 9.59 Å². The van der Waals surface area contributed by atoms with E-state index >= 15 is 0 Å². The van der Waals surface area contributed by atoms with E-state index in [0.29, 0.717) is 47.9 Å². The van der Waals surface area contributed by atoms with Gasteiger partial charge in [-0.2, -0.15) is 0 Å². The standard InChI is InChI=1S/C16H22O6/c1-21-15(19)13-9-12(6-4-8-18)14(16(20)22-2)10-11(13)5-3-7-17/h9-10,17-18H,3-8H2,1-2H3. The molecule has 0 aliphatic rings. The van der Waals surface area contributed by atoms with E-state index in [1.54, 1.807) is 12.1 Å². The summed E-state index contributed by atoms with van der Waals surface area (Å²) < 4.78 is 9.55. The SMILES string of the molecule is COC(=O)c1cc(CCCO)c(C(=O)OC)cc1CCCO. The molecule has 1 aromatic carbocycles. The lowest BCUT2D eigenvalue weighted by Gasteiger charge is -2.14. The van der Waals surface area contributed by atoms with Gasteiger partial charge in [0.1, 0.15) is 0 Å². The van der Waals surface area contributed by atoms with Gasteiger partial charge in [-0.1, -0.05) is 0 Å². The molecule has 0 saturated carbocycles. The van der Waals surface area contributed by atoms with Crippen molar-refractivity contribution < 1.29 is 29.3 Å². The Labute approximate surface area is 129 Å². The molecule has 2 N–H and O–H groups in total. The van der Waals surface area contributed by atoms with E-state index in [4.69, 9.17) is 19.7 Å². The molecule has 0 aromatic heterocycles. The summed E-state index contributed by atoms with van der Waals surface area (Å²) in [5, 5.41) is 17.9. The summed E-state index contributed by atoms with van der Waals surface area (Å²) >= 11 is 0. The van der Waals surface area contributed by atoms with Gasteiger partial charge < -0.3 is 19.7 Å². The molecule has 0 amide bonds. The molecule has 6 heteroatoms. The first-order chi connectivity index (χ1) is 10.6. The van der Waals surface area contributed by atoms with Crippen LogP contribution in [0.25, 0.3) is 0 Å². The first-order valence-corrected chi connectivity index (χ1v) is 7.13. The number of rotatable bonds is 8. The van der Waals surface area contributed by atoms with Crippen molar-refractivity contribution in [3.8, 4) is 0 Å². The van der Waals surface area contributed by atoms with Crippen LogP contribution in [0.4, 0.5) is 0 Å². The Morgan fingerprint density at radius 1 is 0.864 bits per heavy atom. The average molecular weight is 310 g/mol. The van der Waals surface area contributed by atoms with Crippen molar-refractivity contribution in [1.29, 1.82) is 0 Å². The molecule has 1 aromatic rings. The van der Waals surface area contributed by atoms with E-state index in [-0.39, 0.29) is 13.2 Å². The molecule has 0 radical (unpaired) electrons. The zero-order valence-electron chi connectivity index (χ0n) is 12.9. The van der Waals surface area contributed by atoms with Crippen molar-refractivity contribution in [3.63, 3.8) is 0 Å². The highest BCUT2D eigenvalue weighted by Gasteiger charge is 2.19. The maximum Gasteiger partial charge on any atom is 0.338 e. The van der Waals surface area contributed by atoms with Crippen LogP contribution in [-0.2, 0) is 22.3 Å². The van der Waals surface area contributed by atoms with E-state index in [9.17, 15) is 9.59 Å². The number of aliphatic hydroxyl groups excluding tert-OH is 2. The molecule has 0 fully saturated rings. The fourth-order valence-electron chi connectivity index (χ4n) is 2.24. The molecule has 0 bridgehead atoms. The number of hydrogen-bond acceptors (Lipinski definition) is 6. The topological polar surface area (TPSA) is 93.1 Å². The normalized spacial score (nSPS) is 10.4. The van der Waals surface area contributed by atoms with Crippen LogP contribution in [0.2, 0.25) is 0 Å². The highest BCUT2D eigenvalue weighted by Crippen LogP contribution is 2.22. The first-order valence-electron chi connectivity index (χ1n) is 7.13. The maximum absolute atomic E-state index is 11.9. The Morgan fingerprint density at radius 3 is 1.50 bits per heavy atom. The number of hydrogen-bond donors (Lipinski definition) is 2. The van der Waals surface area contributed by atoms with E-state index in [1.165, 1.54) is 14.2 Å². The number of methoxy groups -OCH3 is 2. The minimum absolute atomic E-state index is 0.0135. The van der Waals surface area contributed by atoms with Crippen LogP contribution in [0.15, 0.2) is 12.1 Å². The molecule has 1 rings (SSSR count). The second kappa shape index (κ2) is 9.17. The lowest BCUT2D eigenvalue weighted by Crippen LogP contribution is -2.13. The van der Waals surface area contributed by atoms with Gasteiger partial charge in [0.05, 0.1) is 25.3 Å². The minimum atomic E-state index is -0.491. The van der Waals surface area contributed by atoms with Gasteiger partial charge in [0.15, 0.2) is 0 Å². The van der Waals surface area contributed by atoms with E-state index in [1.807, 2.05) is 0 Å². The van der Waals surface area contributed by atoms with Gasteiger partial charge in [0.25, 0.3) is 0 Å². The smallest absolute Gasteiger partial charge is 0.338 e. The lowest BCUT2D eigenvalue weighted by atomic mass is 9.93. The van der Waals surface area contributed by atoms with E-state index in [0.717, 1.165) is 0 Å². The fraction of sp³-hybridized carbons (Fsp3) is 0.500. The quantitative estimate of drug-likeness (QED) is 0.699. The number of carbonyl (C=O) groups is 2. The molecule has 0 heterocycles. The molecule has 6 nitrogen and oxygen atoms in total. The molecule has 0 spiro atoms. The Hall–Kier alpha value is -1.92. The summed E-state index contributed by atoms with van der Waals surface area (Å²) in [5.74, 6) is -0.982. The summed E-state index contributed by atoms with van der Waals surface area (Å²) in [5.41, 5.74) is 2.01. The number of ether oxygens (including phenoxy) is 2. The Bertz CT molecular complexity index is 476. The molecule has 0 saturated heterocycles. The second-order valence-corrected chi connectivity index (χ2v) is 4.80. The highest BCUT2D eigenvalue weighted by molar-refractivity contribution is 5.96. The number of aliphatic hydroxyl groups is 2. The van der Waals surface area contributed by atoms with E-state index in [2.05, 4.69) is 0 Å². The second-order valence-electron chi connectivity index (χ2n) is 4.80. The number of aryl methyl sites for hydroxylation is 2. The van der Waals surface area contributed by atoms with Crippen LogP contribution in [0, 0.1) is 0 Å². The van der Waals surface area contributed by atoms with Crippen molar-refractivity contribution in [1.82, 2.24) is 0 Å². The van der Waals surface area contributed by atoms with Crippen molar-refractivity contribution in [2.24, 2.45) is 0 Å². The molecule has 0 aliphatic heterocycles. The van der Waals surface area contributed by atoms with Crippen molar-refractivity contribution in [2.75, 3.05) is 27.4 Å². The van der Waals surface area contributed by atoms with Gasteiger partial charge in [-0.05, 0) is 48.9 Å². The van der Waals surface area contributed by atoms with Gasteiger partial charge in [-0.15, -0.1) is 0 Å². The van der Waals surface area contributed by atoms with Gasteiger partial charge in [-0.3, -0.25) is 0 Å². The van der Waals surface area contributed by atoms with Gasteiger partial charge in [0, 0.05) is 13.2 Å². The third-order valence-electron chi connectivity index (χ3n) is 3.35. The Kier molecular flexibility index (Phi) is 7.56. The summed E-state index contributed by atoms with van der Waals surface area (Å²) in [6.45, 7) is -0.0269. The minimum Gasteiger partial charge on any atom is -0.465 e. The van der Waals surface area contributed by atoms with Crippen LogP contribution in [0.5, 0.6) is 0 Å². The zero-order chi connectivity index (χ0) is 16.5. The zero-order valence-corrected chi connectivity index (χ0v) is 12.9. The number of benzene rings is 1. The fourth-order valence-corrected chi connectivity index (χ4v) is 2.24. The van der Waals surface area contributed by atoms with Crippen LogP contribution < -0.4 is 0 Å². The van der Waals surface area contributed by atoms with Gasteiger partial charge in [0.2, 0.25) is 0 Å². The van der Waals surface area contributed by atoms with Crippen molar-refractivity contribution in [2.45, 2.75) is 25.7 Å². The van der Waals surface area contributed by atoms with Crippen LogP contribution >= 0.6 is 0 Å². The summed E-state index contributed by atoms with van der Waals surface area (Å²) in [7, 11) is 2.58. The molecule has 0 aliphatic carbocycles. The third kappa shape index (κ3) is 4.54. The summed E-state index contributed by atoms with van der Waals surface area (Å²) in [6, 6.07) is 3.22. The van der Waals surface area contributed by atoms with Gasteiger partial charge >= 0.3 is 11.9 Å². The first kappa shape index (κ1) is 18.1. The van der Waals surface area contributed by atoms with Crippen molar-refractivity contribution in [3.05, 3.63) is 34.4 Å². The Morgan fingerprint density at radius 2 is 1.23 bits per heavy atom. The summed E-state index contributed by atoms with van der Waals surface area (Å²) in [4.78, 5) is 23.8. The van der Waals surface area contributed by atoms with E-state index < -0.39 is 11.9 Å². The largest absolute Gasteiger partial charge is 0.465 e. The highest BCUT2D eigenvalue weighted by atomic mass is 16.5. The summed E-state index contributed by atoms with van der Waals surface area (Å²) in [6.07, 6.45) is 1.84.